The fourth-order valence-corrected chi connectivity index (χ4v) is 5.09. The molecule has 2 fully saturated rings. The van der Waals surface area contributed by atoms with Gasteiger partial charge in [-0.15, -0.1) is 0 Å². The van der Waals surface area contributed by atoms with Gasteiger partial charge >= 0.3 is 5.97 Å². The average molecular weight is 460 g/mol. The van der Waals surface area contributed by atoms with Crippen molar-refractivity contribution in [2.24, 2.45) is 17.8 Å². The molecule has 2 saturated heterocycles. The Morgan fingerprint density at radius 3 is 2.38 bits per heavy atom. The molecule has 0 aliphatic carbocycles. The summed E-state index contributed by atoms with van der Waals surface area (Å²) in [5, 5.41) is 32.4. The van der Waals surface area contributed by atoms with Gasteiger partial charge in [-0.3, -0.25) is 9.69 Å². The van der Waals surface area contributed by atoms with E-state index in [9.17, 15) is 20.1 Å². The maximum atomic E-state index is 12.8. The zero-order chi connectivity index (χ0) is 24.3. The van der Waals surface area contributed by atoms with Gasteiger partial charge in [0.1, 0.15) is 18.4 Å². The number of likely N-dealkylation sites (N-methyl/N-ethyl adjacent to an activating group) is 1. The lowest BCUT2D eigenvalue weighted by molar-refractivity contribution is -0.233. The van der Waals surface area contributed by atoms with Gasteiger partial charge < -0.3 is 29.5 Å². The number of hydrogen-bond donors (Lipinski definition) is 3. The Bertz CT molecular complexity index is 601. The van der Waals surface area contributed by atoms with Crippen LogP contribution in [0.5, 0.6) is 0 Å². The van der Waals surface area contributed by atoms with Gasteiger partial charge in [-0.2, -0.15) is 0 Å². The number of rotatable bonds is 2. The van der Waals surface area contributed by atoms with E-state index in [0.29, 0.717) is 31.7 Å². The van der Waals surface area contributed by atoms with Crippen molar-refractivity contribution in [1.29, 1.82) is 0 Å². The molecule has 32 heavy (non-hydrogen) atoms. The Kier molecular flexibility index (Phi) is 9.53. The Morgan fingerprint density at radius 1 is 1.09 bits per heavy atom. The molecule has 0 bridgehead atoms. The first-order valence-corrected chi connectivity index (χ1v) is 12.0. The van der Waals surface area contributed by atoms with Crippen LogP contribution in [0, 0.1) is 17.8 Å². The van der Waals surface area contributed by atoms with E-state index >= 15 is 0 Å². The van der Waals surface area contributed by atoms with Gasteiger partial charge in [0.15, 0.2) is 6.29 Å². The Hall–Kier alpha value is -0.770. The maximum absolute atomic E-state index is 12.8. The van der Waals surface area contributed by atoms with Crippen LogP contribution in [0.2, 0.25) is 0 Å². The SMILES string of the molecule is CC1CC(C)O[C@@H](O[C@H]2CC[C@](C)(O)C[C@@H](C)CN(C)C(O)C(C)(O)COC(=O)C2C)C1. The van der Waals surface area contributed by atoms with E-state index < -0.39 is 41.7 Å². The van der Waals surface area contributed by atoms with Crippen molar-refractivity contribution in [2.75, 3.05) is 20.2 Å². The molecule has 188 valence electrons. The number of cyclic esters (lactones) is 1. The Labute approximate surface area is 193 Å². The minimum Gasteiger partial charge on any atom is -0.462 e. The van der Waals surface area contributed by atoms with E-state index in [0.717, 1.165) is 12.8 Å². The number of carbonyl (C=O) groups is 1. The third-order valence-corrected chi connectivity index (χ3v) is 6.80. The maximum Gasteiger partial charge on any atom is 0.311 e. The van der Waals surface area contributed by atoms with Crippen LogP contribution in [0.15, 0.2) is 0 Å². The first-order valence-electron chi connectivity index (χ1n) is 12.0. The summed E-state index contributed by atoms with van der Waals surface area (Å²) in [6.45, 7) is 11.3. The summed E-state index contributed by atoms with van der Waals surface area (Å²) in [5.74, 6) is -0.590. The first kappa shape index (κ1) is 27.5. The summed E-state index contributed by atoms with van der Waals surface area (Å²) in [6, 6.07) is 0. The van der Waals surface area contributed by atoms with E-state index in [1.807, 2.05) is 13.8 Å². The van der Waals surface area contributed by atoms with Crippen molar-refractivity contribution in [3.05, 3.63) is 0 Å². The van der Waals surface area contributed by atoms with E-state index in [-0.39, 0.29) is 18.6 Å². The summed E-state index contributed by atoms with van der Waals surface area (Å²) in [5.41, 5.74) is -2.60. The molecule has 0 amide bonds. The molecule has 2 heterocycles. The largest absolute Gasteiger partial charge is 0.462 e. The number of ether oxygens (including phenoxy) is 3. The Balaban J connectivity index is 2.22. The summed E-state index contributed by atoms with van der Waals surface area (Å²) >= 11 is 0. The number of aliphatic hydroxyl groups is 3. The normalized spacial score (nSPS) is 46.3. The topological polar surface area (TPSA) is 109 Å². The van der Waals surface area contributed by atoms with E-state index in [4.69, 9.17) is 14.2 Å². The van der Waals surface area contributed by atoms with Crippen LogP contribution in [0.1, 0.15) is 73.6 Å². The first-order chi connectivity index (χ1) is 14.7. The molecule has 2 aliphatic rings. The van der Waals surface area contributed by atoms with Crippen LogP contribution in [-0.2, 0) is 19.0 Å². The van der Waals surface area contributed by atoms with Crippen molar-refractivity contribution in [3.8, 4) is 0 Å². The summed E-state index contributed by atoms with van der Waals surface area (Å²) in [6.07, 6.45) is 1.15. The van der Waals surface area contributed by atoms with Gasteiger partial charge in [-0.05, 0) is 72.3 Å². The van der Waals surface area contributed by atoms with Gasteiger partial charge in [-0.1, -0.05) is 13.8 Å². The zero-order valence-corrected chi connectivity index (χ0v) is 20.9. The van der Waals surface area contributed by atoms with E-state index in [2.05, 4.69) is 6.92 Å². The van der Waals surface area contributed by atoms with Crippen molar-refractivity contribution in [1.82, 2.24) is 4.90 Å². The van der Waals surface area contributed by atoms with Gasteiger partial charge in [0.25, 0.3) is 0 Å². The van der Waals surface area contributed by atoms with Gasteiger partial charge in [0, 0.05) is 13.0 Å². The second-order valence-corrected chi connectivity index (χ2v) is 11.0. The number of carbonyl (C=O) groups excluding carboxylic acids is 1. The molecule has 0 aromatic heterocycles. The van der Waals surface area contributed by atoms with Crippen LogP contribution < -0.4 is 0 Å². The quantitative estimate of drug-likeness (QED) is 0.540. The van der Waals surface area contributed by atoms with Crippen molar-refractivity contribution in [3.63, 3.8) is 0 Å². The van der Waals surface area contributed by atoms with Crippen molar-refractivity contribution in [2.45, 2.75) is 110 Å². The molecule has 0 saturated carbocycles. The summed E-state index contributed by atoms with van der Waals surface area (Å²) < 4.78 is 17.7. The highest BCUT2D eigenvalue weighted by Gasteiger charge is 2.39. The second-order valence-electron chi connectivity index (χ2n) is 11.0. The Morgan fingerprint density at radius 2 is 1.75 bits per heavy atom. The highest BCUT2D eigenvalue weighted by molar-refractivity contribution is 5.72. The fourth-order valence-electron chi connectivity index (χ4n) is 5.09. The molecule has 3 N–H and O–H groups in total. The van der Waals surface area contributed by atoms with Crippen molar-refractivity contribution >= 4 is 5.97 Å². The molecule has 0 aromatic carbocycles. The highest BCUT2D eigenvalue weighted by Crippen LogP contribution is 2.31. The second kappa shape index (κ2) is 11.1. The molecule has 5 unspecified atom stereocenters. The summed E-state index contributed by atoms with van der Waals surface area (Å²) in [4.78, 5) is 14.5. The van der Waals surface area contributed by atoms with Crippen LogP contribution in [0.25, 0.3) is 0 Å². The minimum absolute atomic E-state index is 0.0751. The van der Waals surface area contributed by atoms with E-state index in [1.165, 1.54) is 6.92 Å². The van der Waals surface area contributed by atoms with Gasteiger partial charge in [0.2, 0.25) is 0 Å². The minimum atomic E-state index is -1.63. The number of nitrogens with zero attached hydrogens (tertiary/aromatic N) is 1. The number of hydrogen-bond acceptors (Lipinski definition) is 8. The highest BCUT2D eigenvalue weighted by atomic mass is 16.7. The van der Waals surface area contributed by atoms with Crippen LogP contribution >= 0.6 is 0 Å². The lowest BCUT2D eigenvalue weighted by Gasteiger charge is -2.39. The lowest BCUT2D eigenvalue weighted by atomic mass is 9.86. The monoisotopic (exact) mass is 459 g/mol. The fraction of sp³-hybridized carbons (Fsp3) is 0.958. The standard InChI is InChI=1S/C24H45NO7/c1-15-10-17(3)31-20(11-15)32-19-8-9-23(5,28)12-16(2)13-25(7)22(27)24(6,29)14-30-21(26)18(19)4/h15-20,22,27-29H,8-14H2,1-7H3/t15?,16-,17?,18?,19+,20+,22?,23+,24?/m1/s1. The predicted octanol–water partition coefficient (Wildman–Crippen LogP) is 2.28. The van der Waals surface area contributed by atoms with Crippen LogP contribution in [0.4, 0.5) is 0 Å². The predicted molar refractivity (Wildman–Crippen MR) is 121 cm³/mol. The average Bonchev–Trinajstić information content (AvgIpc) is 2.66. The molecule has 0 radical (unpaired) electrons. The molecular formula is C24H45NO7. The third kappa shape index (κ3) is 7.92. The number of aliphatic hydroxyl groups excluding tert-OH is 1. The molecule has 2 rings (SSSR count). The van der Waals surface area contributed by atoms with Crippen molar-refractivity contribution < 1.29 is 34.3 Å². The van der Waals surface area contributed by atoms with E-state index in [1.54, 1.807) is 25.8 Å². The molecule has 9 atom stereocenters. The van der Waals surface area contributed by atoms with Crippen LogP contribution in [-0.4, -0.2) is 82.3 Å². The molecule has 8 heteroatoms. The molecule has 2 aliphatic heterocycles. The van der Waals surface area contributed by atoms with Gasteiger partial charge in [-0.25, -0.2) is 0 Å². The third-order valence-electron chi connectivity index (χ3n) is 6.80. The molecule has 0 aromatic rings. The smallest absolute Gasteiger partial charge is 0.311 e. The molecular weight excluding hydrogens is 414 g/mol. The zero-order valence-electron chi connectivity index (χ0n) is 20.9. The number of esters is 1. The molecule has 8 nitrogen and oxygen atoms in total. The van der Waals surface area contributed by atoms with Crippen LogP contribution in [0.3, 0.4) is 0 Å². The summed E-state index contributed by atoms with van der Waals surface area (Å²) in [7, 11) is 1.71. The van der Waals surface area contributed by atoms with Gasteiger partial charge in [0.05, 0.1) is 23.7 Å². The molecule has 0 spiro atoms. The lowest BCUT2D eigenvalue weighted by Crippen LogP contribution is -2.54.